The van der Waals surface area contributed by atoms with Gasteiger partial charge < -0.3 is 5.73 Å². The van der Waals surface area contributed by atoms with E-state index in [1.54, 1.807) is 0 Å². The van der Waals surface area contributed by atoms with Gasteiger partial charge in [-0.3, -0.25) is 4.90 Å². The number of hydrogen-bond donors (Lipinski definition) is 1. The molecule has 1 aliphatic heterocycles. The van der Waals surface area contributed by atoms with E-state index in [2.05, 4.69) is 16.7 Å². The summed E-state index contributed by atoms with van der Waals surface area (Å²) in [5.74, 6) is 2.62. The number of nitrogens with two attached hydrogens (primary N) is 1. The van der Waals surface area contributed by atoms with E-state index in [4.69, 9.17) is 5.73 Å². The Balaban J connectivity index is 1.89. The maximum absolute atomic E-state index is 6.06. The van der Waals surface area contributed by atoms with Crippen LogP contribution in [0.1, 0.15) is 19.3 Å². The van der Waals surface area contributed by atoms with Gasteiger partial charge in [0.05, 0.1) is 0 Å². The lowest BCUT2D eigenvalue weighted by atomic mass is 10.1. The largest absolute Gasteiger partial charge is 0.326 e. The summed E-state index contributed by atoms with van der Waals surface area (Å²) in [6.07, 6.45) is 3.93. The van der Waals surface area contributed by atoms with E-state index in [0.717, 1.165) is 0 Å². The molecule has 0 aromatic rings. The molecule has 0 amide bonds. The van der Waals surface area contributed by atoms with Crippen molar-refractivity contribution in [1.29, 1.82) is 0 Å². The fraction of sp³-hybridized carbons (Fsp3) is 1.00. The van der Waals surface area contributed by atoms with E-state index in [1.165, 1.54) is 43.9 Å². The molecule has 1 heterocycles. The molecule has 2 aliphatic rings. The number of rotatable bonds is 1. The lowest BCUT2D eigenvalue weighted by Crippen LogP contribution is -2.47. The summed E-state index contributed by atoms with van der Waals surface area (Å²) in [4.78, 5) is 2.61. The summed E-state index contributed by atoms with van der Waals surface area (Å²) in [5.41, 5.74) is 6.06. The lowest BCUT2D eigenvalue weighted by Gasteiger charge is -2.34. The van der Waals surface area contributed by atoms with Gasteiger partial charge >= 0.3 is 0 Å². The average molecular weight is 186 g/mol. The van der Waals surface area contributed by atoms with Gasteiger partial charge in [-0.1, -0.05) is 6.42 Å². The van der Waals surface area contributed by atoms with Gasteiger partial charge in [0.2, 0.25) is 0 Å². The Morgan fingerprint density at radius 1 is 1.17 bits per heavy atom. The third-order valence-electron chi connectivity index (χ3n) is 3.05. The molecule has 12 heavy (non-hydrogen) atoms. The molecule has 0 radical (unpaired) electrons. The third kappa shape index (κ3) is 1.78. The molecular formula is C9H18N2S. The number of nitrogens with zero attached hydrogens (tertiary/aromatic N) is 1. The third-order valence-corrected chi connectivity index (χ3v) is 3.99. The van der Waals surface area contributed by atoms with Crippen LogP contribution in [-0.4, -0.2) is 41.6 Å². The maximum atomic E-state index is 6.06. The molecule has 0 bridgehead atoms. The van der Waals surface area contributed by atoms with E-state index >= 15 is 0 Å². The van der Waals surface area contributed by atoms with Crippen LogP contribution < -0.4 is 5.73 Å². The van der Waals surface area contributed by atoms with Crippen molar-refractivity contribution in [2.24, 2.45) is 5.73 Å². The summed E-state index contributed by atoms with van der Waals surface area (Å²) in [6, 6.07) is 1.18. The highest BCUT2D eigenvalue weighted by molar-refractivity contribution is 7.99. The first-order chi connectivity index (χ1) is 5.88. The minimum atomic E-state index is 0.466. The van der Waals surface area contributed by atoms with Gasteiger partial charge in [0.25, 0.3) is 0 Å². The summed E-state index contributed by atoms with van der Waals surface area (Å²) in [6.45, 7) is 2.53. The van der Waals surface area contributed by atoms with Crippen molar-refractivity contribution >= 4 is 11.8 Å². The van der Waals surface area contributed by atoms with Crippen LogP contribution >= 0.6 is 11.8 Å². The van der Waals surface area contributed by atoms with Crippen molar-refractivity contribution in [3.63, 3.8) is 0 Å². The standard InChI is InChI=1S/C9H18N2S/c10-8-2-1-3-9(8)11-4-6-12-7-5-11/h8-9H,1-7,10H2/t8-,9+/m1/s1. The minimum Gasteiger partial charge on any atom is -0.326 e. The van der Waals surface area contributed by atoms with Crippen LogP contribution in [0.5, 0.6) is 0 Å². The quantitative estimate of drug-likeness (QED) is 0.660. The normalized spacial score (nSPS) is 38.8. The smallest absolute Gasteiger partial charge is 0.0247 e. The van der Waals surface area contributed by atoms with Crippen LogP contribution in [0.3, 0.4) is 0 Å². The van der Waals surface area contributed by atoms with Crippen LogP contribution in [0.25, 0.3) is 0 Å². The zero-order valence-corrected chi connectivity index (χ0v) is 8.35. The van der Waals surface area contributed by atoms with Crippen molar-refractivity contribution in [1.82, 2.24) is 4.90 Å². The van der Waals surface area contributed by atoms with Crippen LogP contribution in [0.2, 0.25) is 0 Å². The van der Waals surface area contributed by atoms with Crippen LogP contribution in [0.4, 0.5) is 0 Å². The molecule has 1 aliphatic carbocycles. The SMILES string of the molecule is N[C@@H]1CCC[C@@H]1N1CCSCC1. The second-order valence-corrected chi connectivity index (χ2v) is 5.04. The molecular weight excluding hydrogens is 168 g/mol. The van der Waals surface area contributed by atoms with Gasteiger partial charge in [-0.05, 0) is 12.8 Å². The van der Waals surface area contributed by atoms with Gasteiger partial charge in [0, 0.05) is 36.7 Å². The molecule has 2 fully saturated rings. The van der Waals surface area contributed by atoms with E-state index in [1.807, 2.05) is 0 Å². The van der Waals surface area contributed by atoms with Crippen LogP contribution in [0, 0.1) is 0 Å². The van der Waals surface area contributed by atoms with Gasteiger partial charge in [-0.2, -0.15) is 11.8 Å². The molecule has 2 atom stereocenters. The van der Waals surface area contributed by atoms with Crippen LogP contribution in [0.15, 0.2) is 0 Å². The summed E-state index contributed by atoms with van der Waals surface area (Å²) in [7, 11) is 0. The topological polar surface area (TPSA) is 29.3 Å². The molecule has 70 valence electrons. The highest BCUT2D eigenvalue weighted by Crippen LogP contribution is 2.24. The van der Waals surface area contributed by atoms with E-state index in [-0.39, 0.29) is 0 Å². The predicted octanol–water partition coefficient (Wildman–Crippen LogP) is 0.915. The fourth-order valence-corrected chi connectivity index (χ4v) is 3.26. The Bertz CT molecular complexity index is 145. The molecule has 0 spiro atoms. The van der Waals surface area contributed by atoms with E-state index < -0.39 is 0 Å². The zero-order valence-electron chi connectivity index (χ0n) is 7.54. The molecule has 0 unspecified atom stereocenters. The lowest BCUT2D eigenvalue weighted by molar-refractivity contribution is 0.204. The predicted molar refractivity (Wildman–Crippen MR) is 54.5 cm³/mol. The molecule has 1 saturated carbocycles. The monoisotopic (exact) mass is 186 g/mol. The van der Waals surface area contributed by atoms with Crippen molar-refractivity contribution in [2.75, 3.05) is 24.6 Å². The molecule has 2 nitrogen and oxygen atoms in total. The molecule has 0 aromatic carbocycles. The van der Waals surface area contributed by atoms with E-state index in [9.17, 15) is 0 Å². The zero-order chi connectivity index (χ0) is 8.39. The second kappa shape index (κ2) is 3.99. The van der Waals surface area contributed by atoms with Gasteiger partial charge in [0.1, 0.15) is 0 Å². The Hall–Kier alpha value is 0.270. The Kier molecular flexibility index (Phi) is 2.94. The van der Waals surface area contributed by atoms with E-state index in [0.29, 0.717) is 12.1 Å². The van der Waals surface area contributed by atoms with Gasteiger partial charge in [-0.15, -0.1) is 0 Å². The van der Waals surface area contributed by atoms with Crippen molar-refractivity contribution in [3.8, 4) is 0 Å². The van der Waals surface area contributed by atoms with Gasteiger partial charge in [0.15, 0.2) is 0 Å². The first-order valence-corrected chi connectivity index (χ1v) is 6.11. The van der Waals surface area contributed by atoms with Gasteiger partial charge in [-0.25, -0.2) is 0 Å². The fourth-order valence-electron chi connectivity index (χ4n) is 2.33. The first-order valence-electron chi connectivity index (χ1n) is 4.95. The highest BCUT2D eigenvalue weighted by Gasteiger charge is 2.29. The number of thioether (sulfide) groups is 1. The van der Waals surface area contributed by atoms with Crippen molar-refractivity contribution in [2.45, 2.75) is 31.3 Å². The minimum absolute atomic E-state index is 0.466. The average Bonchev–Trinajstić information content (AvgIpc) is 2.53. The Labute approximate surface area is 78.9 Å². The molecule has 2 rings (SSSR count). The summed E-state index contributed by atoms with van der Waals surface area (Å²) >= 11 is 2.08. The van der Waals surface area contributed by atoms with Crippen molar-refractivity contribution in [3.05, 3.63) is 0 Å². The Morgan fingerprint density at radius 3 is 2.50 bits per heavy atom. The molecule has 0 aromatic heterocycles. The highest BCUT2D eigenvalue weighted by atomic mass is 32.2. The van der Waals surface area contributed by atoms with Crippen LogP contribution in [-0.2, 0) is 0 Å². The Morgan fingerprint density at radius 2 is 1.92 bits per heavy atom. The molecule has 1 saturated heterocycles. The first kappa shape index (κ1) is 8.85. The second-order valence-electron chi connectivity index (χ2n) is 3.81. The molecule has 3 heteroatoms. The molecule has 2 N–H and O–H groups in total. The number of hydrogen-bond acceptors (Lipinski definition) is 3. The summed E-state index contributed by atoms with van der Waals surface area (Å²) in [5, 5.41) is 0. The summed E-state index contributed by atoms with van der Waals surface area (Å²) < 4.78 is 0. The van der Waals surface area contributed by atoms with Crippen molar-refractivity contribution < 1.29 is 0 Å². The maximum Gasteiger partial charge on any atom is 0.0247 e.